The largest absolute Gasteiger partial charge is 0.389 e. The van der Waals surface area contributed by atoms with Gasteiger partial charge in [-0.1, -0.05) is 24.4 Å². The molecule has 0 spiro atoms. The van der Waals surface area contributed by atoms with Crippen LogP contribution in [0.2, 0.25) is 0 Å². The first kappa shape index (κ1) is 14.2. The lowest BCUT2D eigenvalue weighted by Gasteiger charge is -2.06. The molecule has 1 aromatic carbocycles. The number of carbonyl (C=O) groups is 1. The monoisotopic (exact) mass is 288 g/mol. The van der Waals surface area contributed by atoms with Gasteiger partial charge in [-0.3, -0.25) is 9.48 Å². The van der Waals surface area contributed by atoms with Gasteiger partial charge in [0.2, 0.25) is 0 Å². The van der Waals surface area contributed by atoms with E-state index >= 15 is 0 Å². The van der Waals surface area contributed by atoms with Gasteiger partial charge in [0.25, 0.3) is 5.91 Å². The first-order valence-electron chi connectivity index (χ1n) is 6.22. The highest BCUT2D eigenvalue weighted by atomic mass is 32.1. The van der Waals surface area contributed by atoms with Gasteiger partial charge in [-0.05, 0) is 24.1 Å². The van der Waals surface area contributed by atoms with Gasteiger partial charge >= 0.3 is 0 Å². The Balaban J connectivity index is 1.91. The summed E-state index contributed by atoms with van der Waals surface area (Å²) in [5.41, 5.74) is 7.89. The number of nitrogens with two attached hydrogens (primary N) is 1. The van der Waals surface area contributed by atoms with E-state index in [1.165, 1.54) is 0 Å². The van der Waals surface area contributed by atoms with Crippen LogP contribution < -0.4 is 11.1 Å². The number of thiocarbonyl (C=S) groups is 1. The molecule has 104 valence electrons. The molecule has 0 aliphatic rings. The number of amides is 1. The molecule has 2 aromatic rings. The molecular formula is C14H16N4OS. The quantitative estimate of drug-likeness (QED) is 0.806. The summed E-state index contributed by atoms with van der Waals surface area (Å²) in [5, 5.41) is 6.94. The molecular weight excluding hydrogens is 272 g/mol. The van der Waals surface area contributed by atoms with Crippen molar-refractivity contribution < 1.29 is 4.79 Å². The molecule has 0 atom stereocenters. The minimum Gasteiger partial charge on any atom is -0.389 e. The van der Waals surface area contributed by atoms with E-state index < -0.39 is 0 Å². The van der Waals surface area contributed by atoms with Crippen LogP contribution in [-0.2, 0) is 13.5 Å². The second kappa shape index (κ2) is 6.29. The molecule has 0 saturated heterocycles. The van der Waals surface area contributed by atoms with Crippen LogP contribution in [0.5, 0.6) is 0 Å². The van der Waals surface area contributed by atoms with Gasteiger partial charge in [-0.15, -0.1) is 0 Å². The minimum atomic E-state index is -0.132. The average Bonchev–Trinajstić information content (AvgIpc) is 2.84. The highest BCUT2D eigenvalue weighted by Crippen LogP contribution is 2.05. The Bertz CT molecular complexity index is 636. The number of nitrogens with zero attached hydrogens (tertiary/aromatic N) is 2. The molecule has 0 aliphatic heterocycles. The van der Waals surface area contributed by atoms with E-state index in [9.17, 15) is 4.79 Å². The second-order valence-electron chi connectivity index (χ2n) is 4.47. The van der Waals surface area contributed by atoms with E-state index in [1.807, 2.05) is 13.2 Å². The predicted molar refractivity (Wildman–Crippen MR) is 81.6 cm³/mol. The Hall–Kier alpha value is -2.21. The molecule has 1 heterocycles. The number of aromatic nitrogens is 2. The first-order valence-corrected chi connectivity index (χ1v) is 6.62. The van der Waals surface area contributed by atoms with Crippen LogP contribution in [0.1, 0.15) is 21.5 Å². The van der Waals surface area contributed by atoms with Crippen molar-refractivity contribution in [2.45, 2.75) is 6.42 Å². The Morgan fingerprint density at radius 1 is 1.45 bits per heavy atom. The van der Waals surface area contributed by atoms with Gasteiger partial charge in [0.15, 0.2) is 0 Å². The molecule has 3 N–H and O–H groups in total. The highest BCUT2D eigenvalue weighted by Gasteiger charge is 2.07. The zero-order valence-corrected chi connectivity index (χ0v) is 12.0. The van der Waals surface area contributed by atoms with Crippen LogP contribution in [0, 0.1) is 0 Å². The lowest BCUT2D eigenvalue weighted by Crippen LogP contribution is -2.26. The van der Waals surface area contributed by atoms with Crippen molar-refractivity contribution in [1.82, 2.24) is 15.1 Å². The van der Waals surface area contributed by atoms with Crippen molar-refractivity contribution >= 4 is 23.1 Å². The molecule has 1 amide bonds. The molecule has 1 aromatic heterocycles. The van der Waals surface area contributed by atoms with Crippen molar-refractivity contribution in [3.05, 3.63) is 53.3 Å². The highest BCUT2D eigenvalue weighted by molar-refractivity contribution is 7.80. The van der Waals surface area contributed by atoms with Crippen LogP contribution in [-0.4, -0.2) is 27.2 Å². The number of carbonyl (C=O) groups excluding carboxylic acids is 1. The molecule has 2 rings (SSSR count). The fourth-order valence-corrected chi connectivity index (χ4v) is 1.96. The van der Waals surface area contributed by atoms with Crippen molar-refractivity contribution in [1.29, 1.82) is 0 Å². The zero-order chi connectivity index (χ0) is 14.5. The predicted octanol–water partition coefficient (Wildman–Crippen LogP) is 1.03. The molecule has 0 bridgehead atoms. The van der Waals surface area contributed by atoms with Gasteiger partial charge in [0, 0.05) is 30.9 Å². The summed E-state index contributed by atoms with van der Waals surface area (Å²) in [4.78, 5) is 12.3. The van der Waals surface area contributed by atoms with Crippen molar-refractivity contribution in [2.75, 3.05) is 6.54 Å². The van der Waals surface area contributed by atoms with Crippen LogP contribution in [0.15, 0.2) is 36.7 Å². The third-order valence-corrected chi connectivity index (χ3v) is 3.10. The lowest BCUT2D eigenvalue weighted by atomic mass is 10.1. The summed E-state index contributed by atoms with van der Waals surface area (Å²) in [6, 6.07) is 6.99. The molecule has 20 heavy (non-hydrogen) atoms. The van der Waals surface area contributed by atoms with Crippen LogP contribution >= 0.6 is 12.2 Å². The van der Waals surface area contributed by atoms with Gasteiger partial charge in [-0.25, -0.2) is 0 Å². The topological polar surface area (TPSA) is 72.9 Å². The lowest BCUT2D eigenvalue weighted by molar-refractivity contribution is 0.0954. The number of nitrogens with one attached hydrogen (secondary N) is 1. The molecule has 6 heteroatoms. The normalized spacial score (nSPS) is 10.2. The molecule has 0 fully saturated rings. The van der Waals surface area contributed by atoms with E-state index in [-0.39, 0.29) is 10.9 Å². The van der Waals surface area contributed by atoms with E-state index in [1.54, 1.807) is 35.1 Å². The van der Waals surface area contributed by atoms with Crippen LogP contribution in [0.3, 0.4) is 0 Å². The molecule has 0 aliphatic carbocycles. The maximum Gasteiger partial charge on any atom is 0.251 e. The van der Waals surface area contributed by atoms with E-state index in [4.69, 9.17) is 18.0 Å². The third kappa shape index (κ3) is 3.64. The summed E-state index contributed by atoms with van der Waals surface area (Å²) >= 11 is 4.90. The third-order valence-electron chi connectivity index (χ3n) is 2.87. The number of rotatable bonds is 5. The van der Waals surface area contributed by atoms with Gasteiger partial charge in [0.05, 0.1) is 6.20 Å². The fourth-order valence-electron chi connectivity index (χ4n) is 1.84. The van der Waals surface area contributed by atoms with E-state index in [2.05, 4.69) is 10.4 Å². The zero-order valence-electron chi connectivity index (χ0n) is 11.2. The van der Waals surface area contributed by atoms with E-state index in [0.29, 0.717) is 17.7 Å². The fraction of sp³-hybridized carbons (Fsp3) is 0.214. The van der Waals surface area contributed by atoms with Crippen molar-refractivity contribution in [3.63, 3.8) is 0 Å². The standard InChI is InChI=1S/C14H16N4OS/c1-18-9-10(8-17-18)5-6-16-14(19)12-4-2-3-11(7-12)13(15)20/h2-4,7-9H,5-6H2,1H3,(H2,15,20)(H,16,19). The number of hydrogen-bond donors (Lipinski definition) is 2. The molecule has 0 unspecified atom stereocenters. The summed E-state index contributed by atoms with van der Waals surface area (Å²) in [6.07, 6.45) is 4.47. The Kier molecular flexibility index (Phi) is 4.47. The molecule has 0 radical (unpaired) electrons. The summed E-state index contributed by atoms with van der Waals surface area (Å²) in [7, 11) is 1.86. The average molecular weight is 288 g/mol. The van der Waals surface area contributed by atoms with Gasteiger partial charge in [0.1, 0.15) is 4.99 Å². The second-order valence-corrected chi connectivity index (χ2v) is 4.91. The summed E-state index contributed by atoms with van der Waals surface area (Å²) in [5.74, 6) is -0.132. The SMILES string of the molecule is Cn1cc(CCNC(=O)c2cccc(C(N)=S)c2)cn1. The Labute approximate surface area is 122 Å². The van der Waals surface area contributed by atoms with E-state index in [0.717, 1.165) is 12.0 Å². The van der Waals surface area contributed by atoms with Gasteiger partial charge < -0.3 is 11.1 Å². The maximum absolute atomic E-state index is 12.0. The molecule has 0 saturated carbocycles. The minimum absolute atomic E-state index is 0.132. The van der Waals surface area contributed by atoms with Gasteiger partial charge in [-0.2, -0.15) is 5.10 Å². The Morgan fingerprint density at radius 2 is 2.20 bits per heavy atom. The molecule has 5 nitrogen and oxygen atoms in total. The number of aryl methyl sites for hydroxylation is 1. The Morgan fingerprint density at radius 3 is 2.85 bits per heavy atom. The van der Waals surface area contributed by atoms with Crippen molar-refractivity contribution in [2.24, 2.45) is 12.8 Å². The maximum atomic E-state index is 12.0. The smallest absolute Gasteiger partial charge is 0.251 e. The number of hydrogen-bond acceptors (Lipinski definition) is 3. The van der Waals surface area contributed by atoms with Crippen molar-refractivity contribution in [3.8, 4) is 0 Å². The summed E-state index contributed by atoms with van der Waals surface area (Å²) < 4.78 is 1.74. The van der Waals surface area contributed by atoms with Crippen LogP contribution in [0.25, 0.3) is 0 Å². The number of benzene rings is 1. The summed E-state index contributed by atoms with van der Waals surface area (Å²) in [6.45, 7) is 0.557. The van der Waals surface area contributed by atoms with Crippen LogP contribution in [0.4, 0.5) is 0 Å². The first-order chi connectivity index (χ1) is 9.56.